The summed E-state index contributed by atoms with van der Waals surface area (Å²) in [5, 5.41) is 13.9. The molecule has 1 aromatic rings. The molecule has 40 heavy (non-hydrogen) atoms. The fourth-order valence-corrected chi connectivity index (χ4v) is 4.69. The lowest BCUT2D eigenvalue weighted by atomic mass is 9.80. The quantitative estimate of drug-likeness (QED) is 0.198. The van der Waals surface area contributed by atoms with Crippen molar-refractivity contribution in [1.29, 1.82) is 0 Å². The highest BCUT2D eigenvalue weighted by molar-refractivity contribution is 5.83. The number of rotatable bonds is 18. The highest BCUT2D eigenvalue weighted by atomic mass is 16.7. The largest absolute Gasteiger partial charge is 0.489 e. The van der Waals surface area contributed by atoms with Crippen LogP contribution in [0.5, 0.6) is 17.2 Å². The number of amides is 2. The van der Waals surface area contributed by atoms with E-state index in [1.165, 1.54) is 0 Å². The fourth-order valence-electron chi connectivity index (χ4n) is 4.69. The van der Waals surface area contributed by atoms with Gasteiger partial charge in [0.1, 0.15) is 0 Å². The third-order valence-electron chi connectivity index (χ3n) is 7.77. The molecule has 0 saturated heterocycles. The predicted octanol–water partition coefficient (Wildman–Crippen LogP) is 3.01. The molecule has 6 N–H and O–H groups in total. The second-order valence-corrected chi connectivity index (χ2v) is 12.2. The van der Waals surface area contributed by atoms with Crippen molar-refractivity contribution in [3.05, 3.63) is 17.7 Å². The first-order valence-corrected chi connectivity index (χ1v) is 14.3. The SMILES string of the molecule is COCCCOc1cc(C[C@@H](C[C@H](N)[C@@H](O)C[C@H](C(=O)NCC(C)(C)C(N)=O)C(C)C)C(C)C)cc2c1OCO2. The summed E-state index contributed by atoms with van der Waals surface area (Å²) in [5.74, 6) is 1.24. The molecule has 4 atom stereocenters. The van der Waals surface area contributed by atoms with Crippen LogP contribution in [0.1, 0.15) is 66.4 Å². The smallest absolute Gasteiger partial charge is 0.231 e. The Bertz CT molecular complexity index is 967. The Labute approximate surface area is 239 Å². The first-order valence-electron chi connectivity index (χ1n) is 14.3. The molecule has 0 spiro atoms. The van der Waals surface area contributed by atoms with Gasteiger partial charge in [-0.3, -0.25) is 9.59 Å². The van der Waals surface area contributed by atoms with Gasteiger partial charge < -0.3 is 40.8 Å². The van der Waals surface area contributed by atoms with Gasteiger partial charge in [-0.1, -0.05) is 27.7 Å². The summed E-state index contributed by atoms with van der Waals surface area (Å²) in [6.07, 6.45) is 1.43. The Hall–Kier alpha value is -2.56. The van der Waals surface area contributed by atoms with Gasteiger partial charge in [0.2, 0.25) is 24.4 Å². The van der Waals surface area contributed by atoms with Crippen molar-refractivity contribution < 1.29 is 33.6 Å². The van der Waals surface area contributed by atoms with Crippen molar-refractivity contribution in [2.75, 3.05) is 33.7 Å². The van der Waals surface area contributed by atoms with E-state index in [1.807, 2.05) is 26.0 Å². The molecular weight excluding hydrogens is 514 g/mol. The molecule has 1 aliphatic heterocycles. The summed E-state index contributed by atoms with van der Waals surface area (Å²) >= 11 is 0. The minimum atomic E-state index is -0.861. The third kappa shape index (κ3) is 9.82. The van der Waals surface area contributed by atoms with Gasteiger partial charge in [-0.2, -0.15) is 0 Å². The Morgan fingerprint density at radius 3 is 2.40 bits per heavy atom. The summed E-state index contributed by atoms with van der Waals surface area (Å²) in [7, 11) is 1.66. The molecule has 1 aliphatic rings. The van der Waals surface area contributed by atoms with E-state index in [9.17, 15) is 14.7 Å². The number of ether oxygens (including phenoxy) is 4. The maximum absolute atomic E-state index is 13.0. The number of hydrogen-bond acceptors (Lipinski definition) is 8. The van der Waals surface area contributed by atoms with Crippen LogP contribution < -0.4 is 31.0 Å². The van der Waals surface area contributed by atoms with Gasteiger partial charge in [0, 0.05) is 38.6 Å². The number of nitrogens with two attached hydrogens (primary N) is 2. The predicted molar refractivity (Wildman–Crippen MR) is 154 cm³/mol. The van der Waals surface area contributed by atoms with Crippen molar-refractivity contribution in [2.45, 2.75) is 79.4 Å². The molecule has 228 valence electrons. The zero-order valence-electron chi connectivity index (χ0n) is 25.3. The van der Waals surface area contributed by atoms with Crippen LogP contribution >= 0.6 is 0 Å². The van der Waals surface area contributed by atoms with E-state index < -0.39 is 29.4 Å². The van der Waals surface area contributed by atoms with Gasteiger partial charge in [0.15, 0.2) is 11.5 Å². The van der Waals surface area contributed by atoms with Crippen molar-refractivity contribution in [3.8, 4) is 17.2 Å². The number of nitrogens with one attached hydrogen (secondary N) is 1. The molecule has 10 nitrogen and oxygen atoms in total. The summed E-state index contributed by atoms with van der Waals surface area (Å²) in [6, 6.07) is 3.46. The Balaban J connectivity index is 2.06. The monoisotopic (exact) mass is 565 g/mol. The van der Waals surface area contributed by atoms with Crippen LogP contribution in [-0.2, 0) is 20.7 Å². The zero-order chi connectivity index (χ0) is 30.0. The van der Waals surface area contributed by atoms with E-state index in [4.69, 9.17) is 30.4 Å². The summed E-state index contributed by atoms with van der Waals surface area (Å²) in [4.78, 5) is 24.6. The second kappa shape index (κ2) is 15.4. The summed E-state index contributed by atoms with van der Waals surface area (Å²) in [6.45, 7) is 12.9. The van der Waals surface area contributed by atoms with Crippen LogP contribution in [0.2, 0.25) is 0 Å². The Morgan fingerprint density at radius 2 is 1.80 bits per heavy atom. The van der Waals surface area contributed by atoms with E-state index in [2.05, 4.69) is 19.2 Å². The van der Waals surface area contributed by atoms with Gasteiger partial charge in [0.05, 0.1) is 18.1 Å². The minimum Gasteiger partial charge on any atom is -0.489 e. The van der Waals surface area contributed by atoms with Crippen LogP contribution in [0.3, 0.4) is 0 Å². The molecule has 0 aromatic heterocycles. The first kappa shape index (κ1) is 33.6. The highest BCUT2D eigenvalue weighted by Crippen LogP contribution is 2.43. The maximum Gasteiger partial charge on any atom is 0.231 e. The lowest BCUT2D eigenvalue weighted by Crippen LogP contribution is -2.46. The standard InChI is InChI=1S/C30H51N3O7/c1-18(2)21(11-20-12-25(38-10-8-9-37-7)27-26(13-20)39-17-40-27)14-23(31)24(34)15-22(19(3)4)28(35)33-16-30(5,6)29(32)36/h12-13,18-19,21-24,34H,8-11,14-17,31H2,1-7H3,(H2,32,36)(H,33,35)/t21-,22-,23-,24-/m0/s1. The molecule has 0 bridgehead atoms. The van der Waals surface area contributed by atoms with Gasteiger partial charge in [-0.25, -0.2) is 0 Å². The third-order valence-corrected chi connectivity index (χ3v) is 7.77. The van der Waals surface area contributed by atoms with Gasteiger partial charge in [-0.05, 0) is 68.6 Å². The van der Waals surface area contributed by atoms with Gasteiger partial charge >= 0.3 is 0 Å². The number of benzene rings is 1. The zero-order valence-corrected chi connectivity index (χ0v) is 25.3. The van der Waals surface area contributed by atoms with Crippen molar-refractivity contribution >= 4 is 11.8 Å². The van der Waals surface area contributed by atoms with Crippen molar-refractivity contribution in [1.82, 2.24) is 5.32 Å². The lowest BCUT2D eigenvalue weighted by molar-refractivity contribution is -0.130. The number of fused-ring (bicyclic) bond motifs is 1. The number of aliphatic hydroxyl groups excluding tert-OH is 1. The molecule has 2 rings (SSSR count). The molecule has 1 heterocycles. The van der Waals surface area contributed by atoms with E-state index in [1.54, 1.807) is 21.0 Å². The fraction of sp³-hybridized carbons (Fsp3) is 0.733. The molecule has 0 aliphatic carbocycles. The maximum atomic E-state index is 13.0. The molecule has 2 amide bonds. The average Bonchev–Trinajstić information content (AvgIpc) is 3.36. The number of primary amides is 1. The Kier molecular flexibility index (Phi) is 13.0. The molecule has 1 aromatic carbocycles. The Morgan fingerprint density at radius 1 is 1.10 bits per heavy atom. The number of hydrogen-bond donors (Lipinski definition) is 4. The normalized spacial score (nSPS) is 16.1. The van der Waals surface area contributed by atoms with E-state index in [-0.39, 0.29) is 37.5 Å². The molecule has 0 fully saturated rings. The molecular formula is C30H51N3O7. The second-order valence-electron chi connectivity index (χ2n) is 12.2. The molecule has 10 heteroatoms. The topological polar surface area (TPSA) is 155 Å². The van der Waals surface area contributed by atoms with Crippen molar-refractivity contribution in [2.24, 2.45) is 40.6 Å². The van der Waals surface area contributed by atoms with Crippen LogP contribution in [0.15, 0.2) is 12.1 Å². The van der Waals surface area contributed by atoms with Crippen LogP contribution in [0.4, 0.5) is 0 Å². The van der Waals surface area contributed by atoms with Crippen LogP contribution in [0.25, 0.3) is 0 Å². The van der Waals surface area contributed by atoms with E-state index >= 15 is 0 Å². The highest BCUT2D eigenvalue weighted by Gasteiger charge is 2.32. The van der Waals surface area contributed by atoms with Crippen LogP contribution in [-0.4, -0.2) is 62.7 Å². The summed E-state index contributed by atoms with van der Waals surface area (Å²) in [5.41, 5.74) is 12.1. The lowest BCUT2D eigenvalue weighted by Gasteiger charge is -2.30. The number of carbonyl (C=O) groups is 2. The number of carbonyl (C=O) groups excluding carboxylic acids is 2. The molecule has 0 radical (unpaired) electrons. The van der Waals surface area contributed by atoms with Gasteiger partial charge in [0.25, 0.3) is 0 Å². The first-order chi connectivity index (χ1) is 18.8. The van der Waals surface area contributed by atoms with Crippen LogP contribution in [0, 0.1) is 29.1 Å². The summed E-state index contributed by atoms with van der Waals surface area (Å²) < 4.78 is 22.4. The van der Waals surface area contributed by atoms with E-state index in [0.717, 1.165) is 18.4 Å². The average molecular weight is 566 g/mol. The molecule has 0 saturated carbocycles. The number of aliphatic hydroxyl groups is 1. The van der Waals surface area contributed by atoms with Gasteiger partial charge in [-0.15, -0.1) is 0 Å². The number of methoxy groups -OCH3 is 1. The molecule has 0 unspecified atom stereocenters. The van der Waals surface area contributed by atoms with E-state index in [0.29, 0.717) is 42.8 Å². The van der Waals surface area contributed by atoms with Crippen molar-refractivity contribution in [3.63, 3.8) is 0 Å². The minimum absolute atomic E-state index is 0.0182.